The van der Waals surface area contributed by atoms with Gasteiger partial charge in [-0.15, -0.1) is 11.3 Å². The maximum atomic E-state index is 11.3. The first-order valence-corrected chi connectivity index (χ1v) is 12.7. The zero-order chi connectivity index (χ0) is 26.1. The largest absolute Gasteiger partial charge is 0.478 e. The zero-order valence-electron chi connectivity index (χ0n) is 20.0. The molecule has 0 bridgehead atoms. The lowest BCUT2D eigenvalue weighted by Gasteiger charge is -2.21. The number of aliphatic hydroxyl groups excluding tert-OH is 3. The van der Waals surface area contributed by atoms with E-state index in [1.165, 1.54) is 17.4 Å². The van der Waals surface area contributed by atoms with Gasteiger partial charge in [0.15, 0.2) is 0 Å². The second-order valence-electron chi connectivity index (χ2n) is 9.11. The number of rotatable bonds is 8. The Kier molecular flexibility index (Phi) is 7.02. The summed E-state index contributed by atoms with van der Waals surface area (Å²) in [7, 11) is 0. The van der Waals surface area contributed by atoms with Crippen molar-refractivity contribution in [2.75, 3.05) is 17.2 Å². The van der Waals surface area contributed by atoms with Crippen LogP contribution in [0.4, 0.5) is 11.8 Å². The molecular formula is C26H27N5O5S. The average molecular weight is 522 g/mol. The highest BCUT2D eigenvalue weighted by Gasteiger charge is 2.41. The molecule has 2 heterocycles. The van der Waals surface area contributed by atoms with E-state index >= 15 is 0 Å². The third-order valence-electron chi connectivity index (χ3n) is 6.58. The molecule has 0 spiro atoms. The predicted molar refractivity (Wildman–Crippen MR) is 141 cm³/mol. The molecule has 4 aromatic rings. The van der Waals surface area contributed by atoms with Crippen LogP contribution in [-0.2, 0) is 6.54 Å². The Morgan fingerprint density at radius 1 is 1.08 bits per heavy atom. The number of nitrogens with one attached hydrogen (secondary N) is 2. The lowest BCUT2D eigenvalue weighted by molar-refractivity contribution is 0.00446. The van der Waals surface area contributed by atoms with Crippen molar-refractivity contribution in [2.45, 2.75) is 38.1 Å². The van der Waals surface area contributed by atoms with E-state index in [1.54, 1.807) is 12.1 Å². The van der Waals surface area contributed by atoms with Crippen LogP contribution in [0, 0.1) is 12.8 Å². The molecule has 1 fully saturated rings. The molecule has 192 valence electrons. The van der Waals surface area contributed by atoms with Crippen LogP contribution in [0.25, 0.3) is 20.8 Å². The number of aliphatic hydroxyl groups is 3. The summed E-state index contributed by atoms with van der Waals surface area (Å²) in [6, 6.07) is 13.9. The third kappa shape index (κ3) is 5.12. The van der Waals surface area contributed by atoms with E-state index in [2.05, 4.69) is 20.6 Å². The quantitative estimate of drug-likeness (QED) is 0.203. The van der Waals surface area contributed by atoms with E-state index in [9.17, 15) is 25.2 Å². The maximum Gasteiger partial charge on any atom is 0.335 e. The van der Waals surface area contributed by atoms with Crippen LogP contribution in [0.3, 0.4) is 0 Å². The van der Waals surface area contributed by atoms with Gasteiger partial charge in [-0.25, -0.2) is 14.8 Å². The molecular weight excluding hydrogens is 494 g/mol. The number of fused-ring (bicyclic) bond motifs is 1. The Labute approximate surface area is 216 Å². The predicted octanol–water partition coefficient (Wildman–Crippen LogP) is 2.89. The van der Waals surface area contributed by atoms with Crippen LogP contribution in [0.1, 0.15) is 28.0 Å². The van der Waals surface area contributed by atoms with Crippen molar-refractivity contribution < 1.29 is 25.2 Å². The van der Waals surface area contributed by atoms with E-state index in [1.807, 2.05) is 37.3 Å². The number of nitrogens with zero attached hydrogens (tertiary/aromatic N) is 3. The summed E-state index contributed by atoms with van der Waals surface area (Å²) in [4.78, 5) is 25.4. The number of para-hydroxylation sites is 1. The first-order chi connectivity index (χ1) is 17.8. The van der Waals surface area contributed by atoms with E-state index in [0.29, 0.717) is 41.0 Å². The summed E-state index contributed by atoms with van der Waals surface area (Å²) in [5.74, 6) is -0.680. The van der Waals surface area contributed by atoms with Gasteiger partial charge in [0.2, 0.25) is 5.95 Å². The third-order valence-corrected chi connectivity index (χ3v) is 7.63. The normalized spacial score (nSPS) is 21.3. The maximum absolute atomic E-state index is 11.3. The molecule has 2 aromatic carbocycles. The number of aromatic nitrogens is 3. The average Bonchev–Trinajstić information content (AvgIpc) is 3.43. The summed E-state index contributed by atoms with van der Waals surface area (Å²) in [5.41, 5.74) is 3.15. The molecule has 10 nitrogen and oxygen atoms in total. The number of benzene rings is 2. The minimum Gasteiger partial charge on any atom is -0.478 e. The van der Waals surface area contributed by atoms with Gasteiger partial charge >= 0.3 is 5.97 Å². The first-order valence-electron chi connectivity index (χ1n) is 11.9. The molecule has 5 rings (SSSR count). The fourth-order valence-corrected chi connectivity index (χ4v) is 5.67. The number of aromatic carboxylic acids is 1. The molecule has 4 atom stereocenters. The van der Waals surface area contributed by atoms with Crippen LogP contribution in [0.15, 0.2) is 48.5 Å². The molecule has 1 aliphatic rings. The molecule has 1 aliphatic carbocycles. The van der Waals surface area contributed by atoms with E-state index < -0.39 is 30.1 Å². The second kappa shape index (κ2) is 10.4. The Morgan fingerprint density at radius 3 is 2.62 bits per heavy atom. The van der Waals surface area contributed by atoms with Crippen molar-refractivity contribution in [3.8, 4) is 10.6 Å². The van der Waals surface area contributed by atoms with Crippen LogP contribution < -0.4 is 10.6 Å². The molecule has 1 saturated carbocycles. The lowest BCUT2D eigenvalue weighted by Crippen LogP contribution is -2.35. The zero-order valence-corrected chi connectivity index (χ0v) is 20.8. The fraction of sp³-hybridized carbons (Fsp3) is 0.308. The minimum absolute atomic E-state index is 0.192. The summed E-state index contributed by atoms with van der Waals surface area (Å²) in [5, 5.41) is 46.9. The minimum atomic E-state index is -1.08. The molecule has 11 heteroatoms. The highest BCUT2D eigenvalue weighted by atomic mass is 32.1. The molecule has 0 amide bonds. The van der Waals surface area contributed by atoms with Gasteiger partial charge in [-0.05, 0) is 43.2 Å². The molecule has 0 aliphatic heterocycles. The fourth-order valence-electron chi connectivity index (χ4n) is 4.61. The number of carbonyl (C=O) groups is 1. The SMILES string of the molecule is Cc1nc(NCc2cccc(C(=O)O)c2)nc(N[C@@H]2C[C@H](CO)[C@@H](O)C2O)c1-c1nc2ccccc2s1. The Balaban J connectivity index is 1.49. The standard InChI is InChI=1S/C26H27N5O5S/c1-13-20(24-30-17-7-2-3-8-19(17)37-24)23(29-18-10-16(12-32)21(33)22(18)34)31-26(28-13)27-11-14-5-4-6-15(9-14)25(35)36/h2-9,16,18,21-22,32-34H,10-12H2,1H3,(H,35,36)(H2,27,28,29,31)/t16-,18-,21-,22?/m1/s1. The molecule has 0 radical (unpaired) electrons. The molecule has 6 N–H and O–H groups in total. The number of carboxylic acids is 1. The number of hydrogen-bond acceptors (Lipinski definition) is 10. The van der Waals surface area contributed by atoms with E-state index in [0.717, 1.165) is 15.8 Å². The van der Waals surface area contributed by atoms with Gasteiger partial charge in [-0.2, -0.15) is 4.98 Å². The van der Waals surface area contributed by atoms with Gasteiger partial charge in [0, 0.05) is 19.1 Å². The van der Waals surface area contributed by atoms with Crippen LogP contribution in [0.5, 0.6) is 0 Å². The van der Waals surface area contributed by atoms with Crippen LogP contribution >= 0.6 is 11.3 Å². The number of thiazole rings is 1. The van der Waals surface area contributed by atoms with Crippen molar-refractivity contribution >= 4 is 39.3 Å². The van der Waals surface area contributed by atoms with Gasteiger partial charge in [0.1, 0.15) is 16.9 Å². The van der Waals surface area contributed by atoms with Crippen molar-refractivity contribution in [2.24, 2.45) is 5.92 Å². The Morgan fingerprint density at radius 2 is 1.89 bits per heavy atom. The van der Waals surface area contributed by atoms with Crippen molar-refractivity contribution in [3.05, 3.63) is 65.4 Å². The monoisotopic (exact) mass is 521 g/mol. The van der Waals surface area contributed by atoms with E-state index in [4.69, 9.17) is 4.98 Å². The topological polar surface area (TPSA) is 161 Å². The summed E-state index contributed by atoms with van der Waals surface area (Å²) in [6.07, 6.45) is -1.76. The van der Waals surface area contributed by atoms with Gasteiger partial charge in [-0.3, -0.25) is 0 Å². The van der Waals surface area contributed by atoms with Crippen LogP contribution in [0.2, 0.25) is 0 Å². The highest BCUT2D eigenvalue weighted by molar-refractivity contribution is 7.21. The first kappa shape index (κ1) is 25.0. The summed E-state index contributed by atoms with van der Waals surface area (Å²) >= 11 is 1.50. The van der Waals surface area contributed by atoms with Gasteiger partial charge in [-0.1, -0.05) is 24.3 Å². The van der Waals surface area contributed by atoms with Crippen molar-refractivity contribution in [1.82, 2.24) is 15.0 Å². The summed E-state index contributed by atoms with van der Waals surface area (Å²) in [6.45, 7) is 1.92. The number of carboxylic acid groups (broad SMARTS) is 1. The van der Waals surface area contributed by atoms with Gasteiger partial charge in [0.25, 0.3) is 0 Å². The van der Waals surface area contributed by atoms with Gasteiger partial charge in [0.05, 0.1) is 39.2 Å². The molecule has 37 heavy (non-hydrogen) atoms. The second-order valence-corrected chi connectivity index (χ2v) is 10.1. The van der Waals surface area contributed by atoms with Gasteiger partial charge < -0.3 is 31.1 Å². The summed E-state index contributed by atoms with van der Waals surface area (Å²) < 4.78 is 1.01. The van der Waals surface area contributed by atoms with Crippen LogP contribution in [-0.4, -0.2) is 66.2 Å². The molecule has 2 aromatic heterocycles. The molecule has 0 saturated heterocycles. The number of anilines is 2. The smallest absolute Gasteiger partial charge is 0.335 e. The Hall–Kier alpha value is -3.64. The Bertz CT molecular complexity index is 1410. The van der Waals surface area contributed by atoms with Crippen molar-refractivity contribution in [3.63, 3.8) is 0 Å². The van der Waals surface area contributed by atoms with Crippen molar-refractivity contribution in [1.29, 1.82) is 0 Å². The number of aryl methyl sites for hydroxylation is 1. The number of hydrogen-bond donors (Lipinski definition) is 6. The highest BCUT2D eigenvalue weighted by Crippen LogP contribution is 2.38. The molecule has 1 unspecified atom stereocenters. The van der Waals surface area contributed by atoms with E-state index in [-0.39, 0.29) is 12.2 Å². The lowest BCUT2D eigenvalue weighted by atomic mass is 10.1.